The standard InChI is InChI=1S/C12H23N3/c1-3-5-11(13)6-7-12-14-8-10-15(12)9-4-2/h8,10-11H,3-7,9,13H2,1-2H3. The van der Waals surface area contributed by atoms with Crippen LogP contribution in [0.2, 0.25) is 0 Å². The molecule has 3 heteroatoms. The maximum Gasteiger partial charge on any atom is 0.108 e. The van der Waals surface area contributed by atoms with E-state index in [4.69, 9.17) is 5.73 Å². The molecule has 1 atom stereocenters. The van der Waals surface area contributed by atoms with Crippen molar-refractivity contribution in [3.8, 4) is 0 Å². The van der Waals surface area contributed by atoms with Gasteiger partial charge in [0.1, 0.15) is 5.82 Å². The largest absolute Gasteiger partial charge is 0.335 e. The van der Waals surface area contributed by atoms with Crippen LogP contribution in [0, 0.1) is 0 Å². The molecule has 1 unspecified atom stereocenters. The normalized spacial score (nSPS) is 13.0. The second-order valence-electron chi connectivity index (χ2n) is 4.12. The SMILES string of the molecule is CCCC(N)CCc1nccn1CCC. The minimum atomic E-state index is 0.335. The smallest absolute Gasteiger partial charge is 0.108 e. The summed E-state index contributed by atoms with van der Waals surface area (Å²) in [6.07, 6.45) is 9.45. The highest BCUT2D eigenvalue weighted by Gasteiger charge is 2.05. The van der Waals surface area contributed by atoms with Gasteiger partial charge in [-0.2, -0.15) is 0 Å². The first kappa shape index (κ1) is 12.2. The Morgan fingerprint density at radius 2 is 2.13 bits per heavy atom. The lowest BCUT2D eigenvalue weighted by atomic mass is 10.1. The van der Waals surface area contributed by atoms with Gasteiger partial charge < -0.3 is 10.3 Å². The Hall–Kier alpha value is -0.830. The number of rotatable bonds is 7. The zero-order valence-corrected chi connectivity index (χ0v) is 9.95. The first-order valence-corrected chi connectivity index (χ1v) is 6.03. The Balaban J connectivity index is 2.39. The van der Waals surface area contributed by atoms with E-state index in [0.717, 1.165) is 32.2 Å². The van der Waals surface area contributed by atoms with Gasteiger partial charge in [0.05, 0.1) is 0 Å². The van der Waals surface area contributed by atoms with Crippen LogP contribution in [0.15, 0.2) is 12.4 Å². The zero-order valence-electron chi connectivity index (χ0n) is 9.95. The van der Waals surface area contributed by atoms with Crippen molar-refractivity contribution in [1.29, 1.82) is 0 Å². The van der Waals surface area contributed by atoms with Crippen LogP contribution in [0.25, 0.3) is 0 Å². The summed E-state index contributed by atoms with van der Waals surface area (Å²) in [7, 11) is 0. The monoisotopic (exact) mass is 209 g/mol. The minimum absolute atomic E-state index is 0.335. The van der Waals surface area contributed by atoms with Gasteiger partial charge in [0.15, 0.2) is 0 Å². The molecule has 86 valence electrons. The lowest BCUT2D eigenvalue weighted by molar-refractivity contribution is 0.537. The van der Waals surface area contributed by atoms with Crippen molar-refractivity contribution >= 4 is 0 Å². The maximum absolute atomic E-state index is 5.99. The molecule has 1 heterocycles. The first-order chi connectivity index (χ1) is 7.27. The summed E-state index contributed by atoms with van der Waals surface area (Å²) in [6.45, 7) is 5.43. The first-order valence-electron chi connectivity index (χ1n) is 6.03. The number of hydrogen-bond acceptors (Lipinski definition) is 2. The maximum atomic E-state index is 5.99. The van der Waals surface area contributed by atoms with Crippen molar-refractivity contribution in [2.45, 2.75) is 58.5 Å². The average molecular weight is 209 g/mol. The fourth-order valence-corrected chi connectivity index (χ4v) is 1.84. The average Bonchev–Trinajstić information content (AvgIpc) is 2.64. The van der Waals surface area contributed by atoms with Gasteiger partial charge in [0.25, 0.3) is 0 Å². The summed E-state index contributed by atoms with van der Waals surface area (Å²) in [5.41, 5.74) is 5.99. The Morgan fingerprint density at radius 3 is 2.80 bits per heavy atom. The molecule has 0 spiro atoms. The molecular formula is C12H23N3. The third-order valence-corrected chi connectivity index (χ3v) is 2.66. The molecule has 1 aromatic rings. The van der Waals surface area contributed by atoms with E-state index in [1.165, 1.54) is 12.2 Å². The molecule has 0 aromatic carbocycles. The summed E-state index contributed by atoms with van der Waals surface area (Å²) in [5, 5.41) is 0. The number of aromatic nitrogens is 2. The molecule has 0 aliphatic rings. The highest BCUT2D eigenvalue weighted by atomic mass is 15.1. The predicted molar refractivity (Wildman–Crippen MR) is 63.7 cm³/mol. The van der Waals surface area contributed by atoms with E-state index in [1.54, 1.807) is 0 Å². The molecule has 3 nitrogen and oxygen atoms in total. The Morgan fingerprint density at radius 1 is 1.33 bits per heavy atom. The Bertz CT molecular complexity index is 268. The topological polar surface area (TPSA) is 43.8 Å². The van der Waals surface area contributed by atoms with Crippen LogP contribution in [0.3, 0.4) is 0 Å². The van der Waals surface area contributed by atoms with E-state index in [-0.39, 0.29) is 0 Å². The van der Waals surface area contributed by atoms with Crippen LogP contribution >= 0.6 is 0 Å². The fraction of sp³-hybridized carbons (Fsp3) is 0.750. The Kier molecular flexibility index (Phi) is 5.40. The molecule has 0 fully saturated rings. The quantitative estimate of drug-likeness (QED) is 0.749. The number of nitrogens with two attached hydrogens (primary N) is 1. The molecule has 1 rings (SSSR count). The van der Waals surface area contributed by atoms with E-state index in [0.29, 0.717) is 6.04 Å². The van der Waals surface area contributed by atoms with Gasteiger partial charge >= 0.3 is 0 Å². The van der Waals surface area contributed by atoms with Gasteiger partial charge in [-0.1, -0.05) is 20.3 Å². The molecule has 0 amide bonds. The number of hydrogen-bond donors (Lipinski definition) is 1. The van der Waals surface area contributed by atoms with Gasteiger partial charge in [0, 0.05) is 31.4 Å². The number of imidazole rings is 1. The lowest BCUT2D eigenvalue weighted by Gasteiger charge is -2.10. The van der Waals surface area contributed by atoms with Crippen LogP contribution in [0.5, 0.6) is 0 Å². The molecule has 0 aliphatic heterocycles. The van der Waals surface area contributed by atoms with Crippen molar-refractivity contribution in [2.75, 3.05) is 0 Å². The van der Waals surface area contributed by atoms with Crippen molar-refractivity contribution in [3.05, 3.63) is 18.2 Å². The zero-order chi connectivity index (χ0) is 11.1. The molecule has 0 saturated carbocycles. The molecule has 15 heavy (non-hydrogen) atoms. The molecular weight excluding hydrogens is 186 g/mol. The molecule has 2 N–H and O–H groups in total. The molecule has 0 aliphatic carbocycles. The van der Waals surface area contributed by atoms with Crippen LogP contribution < -0.4 is 5.73 Å². The van der Waals surface area contributed by atoms with Crippen molar-refractivity contribution in [3.63, 3.8) is 0 Å². The Labute approximate surface area is 92.7 Å². The summed E-state index contributed by atoms with van der Waals surface area (Å²) in [6, 6.07) is 0.335. The summed E-state index contributed by atoms with van der Waals surface area (Å²) >= 11 is 0. The lowest BCUT2D eigenvalue weighted by Crippen LogP contribution is -2.21. The van der Waals surface area contributed by atoms with Crippen molar-refractivity contribution in [1.82, 2.24) is 9.55 Å². The third-order valence-electron chi connectivity index (χ3n) is 2.66. The van der Waals surface area contributed by atoms with Crippen LogP contribution in [-0.2, 0) is 13.0 Å². The van der Waals surface area contributed by atoms with Crippen LogP contribution in [0.1, 0.15) is 45.4 Å². The van der Waals surface area contributed by atoms with Crippen LogP contribution in [0.4, 0.5) is 0 Å². The van der Waals surface area contributed by atoms with Gasteiger partial charge in [0.2, 0.25) is 0 Å². The third kappa shape index (κ3) is 4.04. The van der Waals surface area contributed by atoms with Gasteiger partial charge in [-0.3, -0.25) is 0 Å². The molecule has 0 saturated heterocycles. The second kappa shape index (κ2) is 6.62. The highest BCUT2D eigenvalue weighted by molar-refractivity contribution is 4.93. The van der Waals surface area contributed by atoms with E-state index in [1.807, 2.05) is 6.20 Å². The molecule has 1 aromatic heterocycles. The predicted octanol–water partition coefficient (Wildman–Crippen LogP) is 2.35. The fourth-order valence-electron chi connectivity index (χ4n) is 1.84. The van der Waals surface area contributed by atoms with Gasteiger partial charge in [-0.15, -0.1) is 0 Å². The van der Waals surface area contributed by atoms with E-state index in [9.17, 15) is 0 Å². The van der Waals surface area contributed by atoms with Crippen molar-refractivity contribution in [2.24, 2.45) is 5.73 Å². The number of nitrogens with zero attached hydrogens (tertiary/aromatic N) is 2. The highest BCUT2D eigenvalue weighted by Crippen LogP contribution is 2.06. The summed E-state index contributed by atoms with van der Waals surface area (Å²) < 4.78 is 2.23. The number of aryl methyl sites for hydroxylation is 2. The van der Waals surface area contributed by atoms with Crippen molar-refractivity contribution < 1.29 is 0 Å². The van der Waals surface area contributed by atoms with Gasteiger partial charge in [-0.05, 0) is 19.3 Å². The van der Waals surface area contributed by atoms with E-state index < -0.39 is 0 Å². The van der Waals surface area contributed by atoms with E-state index in [2.05, 4.69) is 29.6 Å². The summed E-state index contributed by atoms with van der Waals surface area (Å²) in [4.78, 5) is 4.37. The summed E-state index contributed by atoms with van der Waals surface area (Å²) in [5.74, 6) is 1.18. The minimum Gasteiger partial charge on any atom is -0.335 e. The molecule has 0 radical (unpaired) electrons. The van der Waals surface area contributed by atoms with Gasteiger partial charge in [-0.25, -0.2) is 4.98 Å². The van der Waals surface area contributed by atoms with E-state index >= 15 is 0 Å². The molecule has 0 bridgehead atoms. The second-order valence-corrected chi connectivity index (χ2v) is 4.12. The van der Waals surface area contributed by atoms with Crippen LogP contribution in [-0.4, -0.2) is 15.6 Å².